The van der Waals surface area contributed by atoms with Crippen LogP contribution in [0.1, 0.15) is 11.1 Å². The molecule has 0 spiro atoms. The summed E-state index contributed by atoms with van der Waals surface area (Å²) in [5, 5.41) is 8.67. The first kappa shape index (κ1) is 10.4. The number of hydrogen-bond donors (Lipinski definition) is 0. The highest BCUT2D eigenvalue weighted by atomic mass is 14.7. The molecule has 0 fully saturated rings. The lowest BCUT2D eigenvalue weighted by molar-refractivity contribution is 1.21. The lowest BCUT2D eigenvalue weighted by Gasteiger charge is -2.05. The van der Waals surface area contributed by atoms with Gasteiger partial charge in [-0.1, -0.05) is 24.3 Å². The van der Waals surface area contributed by atoms with Crippen LogP contribution in [0.25, 0.3) is 11.3 Å². The predicted molar refractivity (Wildman–Crippen MR) is 63.7 cm³/mol. The van der Waals surface area contributed by atoms with E-state index < -0.39 is 0 Å². The van der Waals surface area contributed by atoms with Crippen molar-refractivity contribution in [2.24, 2.45) is 0 Å². The first-order valence-electron chi connectivity index (χ1n) is 5.19. The Kier molecular flexibility index (Phi) is 2.98. The highest BCUT2D eigenvalue weighted by Crippen LogP contribution is 2.21. The molecule has 2 heteroatoms. The Labute approximate surface area is 95.2 Å². The predicted octanol–water partition coefficient (Wildman–Crippen LogP) is 3.12. The van der Waals surface area contributed by atoms with Gasteiger partial charge in [-0.3, -0.25) is 4.98 Å². The minimum atomic E-state index is 0.432. The van der Waals surface area contributed by atoms with E-state index in [1.54, 1.807) is 6.20 Å². The van der Waals surface area contributed by atoms with E-state index in [2.05, 4.69) is 24.0 Å². The summed E-state index contributed by atoms with van der Waals surface area (Å²) in [6.45, 7) is 2.06. The summed E-state index contributed by atoms with van der Waals surface area (Å²) in [7, 11) is 0. The van der Waals surface area contributed by atoms with E-state index in [9.17, 15) is 0 Å². The van der Waals surface area contributed by atoms with Crippen LogP contribution in [0.2, 0.25) is 0 Å². The Balaban J connectivity index is 2.45. The van der Waals surface area contributed by atoms with Crippen LogP contribution in [0.4, 0.5) is 0 Å². The van der Waals surface area contributed by atoms with Crippen LogP contribution in [0.15, 0.2) is 42.6 Å². The number of benzene rings is 1. The van der Waals surface area contributed by atoms with Crippen LogP contribution < -0.4 is 0 Å². The minimum Gasteiger partial charge on any atom is -0.256 e. The summed E-state index contributed by atoms with van der Waals surface area (Å²) in [6.07, 6.45) is 2.19. The highest BCUT2D eigenvalue weighted by molar-refractivity contribution is 5.63. The van der Waals surface area contributed by atoms with Crippen molar-refractivity contribution in [3.05, 3.63) is 53.7 Å². The SMILES string of the molecule is Cc1ccccc1-c1cc(CC#N)ccn1. The summed E-state index contributed by atoms with van der Waals surface area (Å²) in [5.74, 6) is 0. The van der Waals surface area contributed by atoms with Crippen molar-refractivity contribution in [3.8, 4) is 17.3 Å². The van der Waals surface area contributed by atoms with Crippen molar-refractivity contribution >= 4 is 0 Å². The van der Waals surface area contributed by atoms with Crippen molar-refractivity contribution in [1.82, 2.24) is 4.98 Å². The zero-order chi connectivity index (χ0) is 11.4. The van der Waals surface area contributed by atoms with Gasteiger partial charge in [-0.15, -0.1) is 0 Å². The number of nitrogens with zero attached hydrogens (tertiary/aromatic N) is 2. The van der Waals surface area contributed by atoms with E-state index in [1.165, 1.54) is 5.56 Å². The van der Waals surface area contributed by atoms with Gasteiger partial charge in [0, 0.05) is 11.8 Å². The highest BCUT2D eigenvalue weighted by Gasteiger charge is 2.02. The summed E-state index contributed by atoms with van der Waals surface area (Å²) >= 11 is 0. The largest absolute Gasteiger partial charge is 0.256 e. The van der Waals surface area contributed by atoms with Crippen molar-refractivity contribution in [1.29, 1.82) is 5.26 Å². The van der Waals surface area contributed by atoms with Gasteiger partial charge in [0.05, 0.1) is 18.2 Å². The Bertz CT molecular complexity index is 538. The number of rotatable bonds is 2. The topological polar surface area (TPSA) is 36.7 Å². The third-order valence-electron chi connectivity index (χ3n) is 2.53. The molecule has 2 aromatic rings. The third kappa shape index (κ3) is 2.09. The van der Waals surface area contributed by atoms with Gasteiger partial charge in [0.25, 0.3) is 0 Å². The molecule has 0 radical (unpaired) electrons. The van der Waals surface area contributed by atoms with E-state index in [-0.39, 0.29) is 0 Å². The van der Waals surface area contributed by atoms with Crippen LogP contribution in [0.5, 0.6) is 0 Å². The zero-order valence-electron chi connectivity index (χ0n) is 9.14. The Hall–Kier alpha value is -2.14. The van der Waals surface area contributed by atoms with Gasteiger partial charge >= 0.3 is 0 Å². The fourth-order valence-corrected chi connectivity index (χ4v) is 1.68. The molecule has 0 unspecified atom stereocenters. The van der Waals surface area contributed by atoms with Crippen LogP contribution in [-0.2, 0) is 6.42 Å². The van der Waals surface area contributed by atoms with Crippen molar-refractivity contribution in [2.75, 3.05) is 0 Å². The van der Waals surface area contributed by atoms with Gasteiger partial charge in [-0.25, -0.2) is 0 Å². The van der Waals surface area contributed by atoms with Crippen LogP contribution >= 0.6 is 0 Å². The maximum Gasteiger partial charge on any atom is 0.0707 e. The van der Waals surface area contributed by atoms with E-state index in [4.69, 9.17) is 5.26 Å². The zero-order valence-corrected chi connectivity index (χ0v) is 9.14. The second-order valence-electron chi connectivity index (χ2n) is 3.70. The molecular weight excluding hydrogens is 196 g/mol. The first-order valence-corrected chi connectivity index (χ1v) is 5.19. The van der Waals surface area contributed by atoms with Gasteiger partial charge in [-0.05, 0) is 30.2 Å². The molecule has 0 N–H and O–H groups in total. The van der Waals surface area contributed by atoms with E-state index in [0.29, 0.717) is 6.42 Å². The molecule has 2 rings (SSSR count). The van der Waals surface area contributed by atoms with Gasteiger partial charge in [-0.2, -0.15) is 5.26 Å². The van der Waals surface area contributed by atoms with Crippen molar-refractivity contribution in [2.45, 2.75) is 13.3 Å². The number of pyridine rings is 1. The van der Waals surface area contributed by atoms with Crippen molar-refractivity contribution < 1.29 is 0 Å². The number of hydrogen-bond acceptors (Lipinski definition) is 2. The standard InChI is InChI=1S/C14H12N2/c1-11-4-2-3-5-13(11)14-10-12(6-8-15)7-9-16-14/h2-5,7,9-10H,6H2,1H3. The summed E-state index contributed by atoms with van der Waals surface area (Å²) in [5.41, 5.74) is 4.27. The van der Waals surface area contributed by atoms with E-state index in [1.807, 2.05) is 30.3 Å². The number of aryl methyl sites for hydroxylation is 1. The van der Waals surface area contributed by atoms with Crippen molar-refractivity contribution in [3.63, 3.8) is 0 Å². The Morgan fingerprint density at radius 1 is 1.25 bits per heavy atom. The molecule has 1 heterocycles. The van der Waals surface area contributed by atoms with Gasteiger partial charge in [0.15, 0.2) is 0 Å². The molecule has 0 atom stereocenters. The average Bonchev–Trinajstić information content (AvgIpc) is 2.30. The quantitative estimate of drug-likeness (QED) is 0.760. The molecule has 0 aliphatic carbocycles. The molecule has 0 saturated heterocycles. The fraction of sp³-hybridized carbons (Fsp3) is 0.143. The smallest absolute Gasteiger partial charge is 0.0707 e. The van der Waals surface area contributed by atoms with Gasteiger partial charge < -0.3 is 0 Å². The fourth-order valence-electron chi connectivity index (χ4n) is 1.68. The lowest BCUT2D eigenvalue weighted by atomic mass is 10.0. The normalized spacial score (nSPS) is 9.75. The average molecular weight is 208 g/mol. The molecule has 0 saturated carbocycles. The van der Waals surface area contributed by atoms with Gasteiger partial charge in [0.2, 0.25) is 0 Å². The summed E-state index contributed by atoms with van der Waals surface area (Å²) < 4.78 is 0. The molecule has 0 amide bonds. The van der Waals surface area contributed by atoms with Gasteiger partial charge in [0.1, 0.15) is 0 Å². The molecule has 1 aromatic carbocycles. The summed E-state index contributed by atoms with van der Waals surface area (Å²) in [4.78, 5) is 4.34. The van der Waals surface area contributed by atoms with E-state index in [0.717, 1.165) is 16.8 Å². The monoisotopic (exact) mass is 208 g/mol. The molecule has 16 heavy (non-hydrogen) atoms. The van der Waals surface area contributed by atoms with Crippen LogP contribution in [0.3, 0.4) is 0 Å². The molecule has 1 aromatic heterocycles. The summed E-state index contributed by atoms with van der Waals surface area (Å²) in [6, 6.07) is 14.1. The van der Waals surface area contributed by atoms with Crippen LogP contribution in [0, 0.1) is 18.3 Å². The second kappa shape index (κ2) is 4.59. The first-order chi connectivity index (χ1) is 7.81. The Morgan fingerprint density at radius 2 is 2.06 bits per heavy atom. The maximum atomic E-state index is 8.67. The third-order valence-corrected chi connectivity index (χ3v) is 2.53. The molecule has 0 aliphatic heterocycles. The minimum absolute atomic E-state index is 0.432. The molecular formula is C14H12N2. The molecule has 0 aliphatic rings. The number of aromatic nitrogens is 1. The lowest BCUT2D eigenvalue weighted by Crippen LogP contribution is -1.89. The Morgan fingerprint density at radius 3 is 2.81 bits per heavy atom. The molecule has 2 nitrogen and oxygen atoms in total. The number of nitriles is 1. The molecule has 0 bridgehead atoms. The maximum absolute atomic E-state index is 8.67. The van der Waals surface area contributed by atoms with Crippen LogP contribution in [-0.4, -0.2) is 4.98 Å². The second-order valence-corrected chi connectivity index (χ2v) is 3.70. The molecule has 78 valence electrons. The van der Waals surface area contributed by atoms with E-state index >= 15 is 0 Å².